The lowest BCUT2D eigenvalue weighted by Gasteiger charge is -2.14. The summed E-state index contributed by atoms with van der Waals surface area (Å²) < 4.78 is 5.46. The van der Waals surface area contributed by atoms with Gasteiger partial charge in [0.2, 0.25) is 0 Å². The molecule has 2 aromatic rings. The summed E-state index contributed by atoms with van der Waals surface area (Å²) in [6.45, 7) is 6.17. The molecule has 146 valence electrons. The highest BCUT2D eigenvalue weighted by atomic mass is 16.5. The van der Waals surface area contributed by atoms with Crippen LogP contribution in [0.25, 0.3) is 11.1 Å². The van der Waals surface area contributed by atoms with E-state index in [4.69, 9.17) is 4.74 Å². The van der Waals surface area contributed by atoms with Crippen LogP contribution in [0.2, 0.25) is 0 Å². The van der Waals surface area contributed by atoms with Crippen LogP contribution in [0.1, 0.15) is 82.9 Å². The van der Waals surface area contributed by atoms with Crippen LogP contribution in [0.3, 0.4) is 0 Å². The van der Waals surface area contributed by atoms with Gasteiger partial charge in [0.1, 0.15) is 6.10 Å². The fourth-order valence-corrected chi connectivity index (χ4v) is 3.27. The number of unbranched alkanes of at least 4 members (excludes halogenated alkanes) is 4. The van der Waals surface area contributed by atoms with E-state index in [-0.39, 0.29) is 12.1 Å². The highest BCUT2D eigenvalue weighted by Gasteiger charge is 2.11. The Morgan fingerprint density at radius 2 is 1.41 bits per heavy atom. The third kappa shape index (κ3) is 7.21. The van der Waals surface area contributed by atoms with Crippen LogP contribution in [0.15, 0.2) is 48.5 Å². The maximum atomic E-state index is 11.7. The molecule has 2 heteroatoms. The molecule has 0 N–H and O–H groups in total. The van der Waals surface area contributed by atoms with Crippen molar-refractivity contribution in [2.45, 2.75) is 78.2 Å². The van der Waals surface area contributed by atoms with E-state index in [0.717, 1.165) is 12.0 Å². The molecule has 27 heavy (non-hydrogen) atoms. The average Bonchev–Trinajstić information content (AvgIpc) is 2.68. The lowest BCUT2D eigenvalue weighted by Crippen LogP contribution is -2.08. The monoisotopic (exact) mass is 366 g/mol. The van der Waals surface area contributed by atoms with Crippen molar-refractivity contribution in [3.8, 4) is 11.1 Å². The first-order valence-electron chi connectivity index (χ1n) is 10.5. The Morgan fingerprint density at radius 3 is 2.00 bits per heavy atom. The SMILES string of the molecule is CCCCCCCc1ccc(-c2ccc(C(C)OC(=O)CCC)cc2)cc1. The van der Waals surface area contributed by atoms with Crippen molar-refractivity contribution in [3.05, 3.63) is 59.7 Å². The fraction of sp³-hybridized carbons (Fsp3) is 0.480. The van der Waals surface area contributed by atoms with Gasteiger partial charge in [0, 0.05) is 6.42 Å². The molecule has 0 fully saturated rings. The molecule has 0 spiro atoms. The minimum absolute atomic E-state index is 0.126. The van der Waals surface area contributed by atoms with Crippen LogP contribution in [-0.4, -0.2) is 5.97 Å². The topological polar surface area (TPSA) is 26.3 Å². The van der Waals surface area contributed by atoms with Gasteiger partial charge in [-0.25, -0.2) is 0 Å². The lowest BCUT2D eigenvalue weighted by atomic mass is 9.99. The summed E-state index contributed by atoms with van der Waals surface area (Å²) in [6.07, 6.45) is 8.89. The van der Waals surface area contributed by atoms with Crippen molar-refractivity contribution >= 4 is 5.97 Å². The van der Waals surface area contributed by atoms with Gasteiger partial charge >= 0.3 is 5.97 Å². The second-order valence-corrected chi connectivity index (χ2v) is 7.37. The molecule has 0 aliphatic carbocycles. The van der Waals surface area contributed by atoms with Gasteiger partial charge in [-0.2, -0.15) is 0 Å². The molecular formula is C25H34O2. The number of benzene rings is 2. The zero-order valence-electron chi connectivity index (χ0n) is 17.2. The van der Waals surface area contributed by atoms with E-state index >= 15 is 0 Å². The van der Waals surface area contributed by atoms with Crippen LogP contribution in [-0.2, 0) is 16.0 Å². The predicted molar refractivity (Wildman–Crippen MR) is 114 cm³/mol. The average molecular weight is 367 g/mol. The molecule has 0 aliphatic heterocycles. The Kier molecular flexibility index (Phi) is 9.10. The Bertz CT molecular complexity index is 670. The zero-order valence-corrected chi connectivity index (χ0v) is 17.2. The van der Waals surface area contributed by atoms with Crippen molar-refractivity contribution in [1.29, 1.82) is 0 Å². The number of hydrogen-bond donors (Lipinski definition) is 0. The predicted octanol–water partition coefficient (Wildman–Crippen LogP) is 7.27. The summed E-state index contributed by atoms with van der Waals surface area (Å²) in [6, 6.07) is 17.2. The van der Waals surface area contributed by atoms with Crippen LogP contribution in [0.4, 0.5) is 0 Å². The molecule has 0 saturated heterocycles. The third-order valence-corrected chi connectivity index (χ3v) is 5.00. The Morgan fingerprint density at radius 1 is 0.815 bits per heavy atom. The van der Waals surface area contributed by atoms with Crippen molar-refractivity contribution < 1.29 is 9.53 Å². The minimum Gasteiger partial charge on any atom is -0.458 e. The van der Waals surface area contributed by atoms with Gasteiger partial charge in [-0.05, 0) is 48.4 Å². The van der Waals surface area contributed by atoms with E-state index in [0.29, 0.717) is 6.42 Å². The summed E-state index contributed by atoms with van der Waals surface area (Å²) in [5.41, 5.74) is 4.88. The molecule has 0 bridgehead atoms. The van der Waals surface area contributed by atoms with Gasteiger partial charge in [0.05, 0.1) is 0 Å². The minimum atomic E-state index is -0.201. The van der Waals surface area contributed by atoms with Gasteiger partial charge in [0.15, 0.2) is 0 Å². The van der Waals surface area contributed by atoms with Crippen LogP contribution >= 0.6 is 0 Å². The highest BCUT2D eigenvalue weighted by molar-refractivity contribution is 5.69. The molecule has 1 unspecified atom stereocenters. The van der Waals surface area contributed by atoms with Crippen molar-refractivity contribution in [2.75, 3.05) is 0 Å². The number of hydrogen-bond acceptors (Lipinski definition) is 2. The first-order valence-corrected chi connectivity index (χ1v) is 10.5. The molecule has 2 aromatic carbocycles. The Labute approximate surface area is 165 Å². The largest absolute Gasteiger partial charge is 0.458 e. The molecule has 2 nitrogen and oxygen atoms in total. The number of ether oxygens (including phenoxy) is 1. The van der Waals surface area contributed by atoms with Crippen molar-refractivity contribution in [2.24, 2.45) is 0 Å². The number of esters is 1. The van der Waals surface area contributed by atoms with Gasteiger partial charge in [0.25, 0.3) is 0 Å². The van der Waals surface area contributed by atoms with Crippen molar-refractivity contribution in [3.63, 3.8) is 0 Å². The smallest absolute Gasteiger partial charge is 0.306 e. The maximum absolute atomic E-state index is 11.7. The molecule has 0 radical (unpaired) electrons. The maximum Gasteiger partial charge on any atom is 0.306 e. The number of carbonyl (C=O) groups is 1. The molecule has 0 saturated carbocycles. The highest BCUT2D eigenvalue weighted by Crippen LogP contribution is 2.24. The lowest BCUT2D eigenvalue weighted by molar-refractivity contribution is -0.148. The molecular weight excluding hydrogens is 332 g/mol. The van der Waals surface area contributed by atoms with Gasteiger partial charge in [-0.15, -0.1) is 0 Å². The van der Waals surface area contributed by atoms with Gasteiger partial charge < -0.3 is 4.74 Å². The number of carbonyl (C=O) groups excluding carboxylic acids is 1. The molecule has 0 heterocycles. The standard InChI is InChI=1S/C25H34O2/c1-4-6-7-8-9-11-21-12-14-23(15-13-21)24-18-16-22(17-19-24)20(3)27-25(26)10-5-2/h12-20H,4-11H2,1-3H3. The van der Waals surface area contributed by atoms with E-state index < -0.39 is 0 Å². The summed E-state index contributed by atoms with van der Waals surface area (Å²) >= 11 is 0. The number of aryl methyl sites for hydroxylation is 1. The molecule has 0 aliphatic rings. The van der Waals surface area contributed by atoms with E-state index in [1.54, 1.807) is 0 Å². The first kappa shape index (κ1) is 21.2. The number of rotatable bonds is 11. The van der Waals surface area contributed by atoms with E-state index in [1.165, 1.54) is 55.2 Å². The van der Waals surface area contributed by atoms with E-state index in [9.17, 15) is 4.79 Å². The summed E-state index contributed by atoms with van der Waals surface area (Å²) in [7, 11) is 0. The third-order valence-electron chi connectivity index (χ3n) is 5.00. The second-order valence-electron chi connectivity index (χ2n) is 7.37. The molecule has 0 aromatic heterocycles. The summed E-state index contributed by atoms with van der Waals surface area (Å²) in [5.74, 6) is -0.126. The van der Waals surface area contributed by atoms with Crippen LogP contribution in [0.5, 0.6) is 0 Å². The van der Waals surface area contributed by atoms with E-state index in [1.807, 2.05) is 13.8 Å². The first-order chi connectivity index (χ1) is 13.1. The zero-order chi connectivity index (χ0) is 19.5. The van der Waals surface area contributed by atoms with Gasteiger partial charge in [-0.3, -0.25) is 4.79 Å². The molecule has 1 atom stereocenters. The molecule has 2 rings (SSSR count). The van der Waals surface area contributed by atoms with Crippen LogP contribution in [0, 0.1) is 0 Å². The Hall–Kier alpha value is -2.09. The summed E-state index contributed by atoms with van der Waals surface area (Å²) in [5, 5.41) is 0. The van der Waals surface area contributed by atoms with Gasteiger partial charge in [-0.1, -0.05) is 88.1 Å². The quantitative estimate of drug-likeness (QED) is 0.309. The summed E-state index contributed by atoms with van der Waals surface area (Å²) in [4.78, 5) is 11.7. The van der Waals surface area contributed by atoms with Crippen molar-refractivity contribution in [1.82, 2.24) is 0 Å². The Balaban J connectivity index is 1.89. The molecule has 0 amide bonds. The van der Waals surface area contributed by atoms with Crippen LogP contribution < -0.4 is 0 Å². The normalized spacial score (nSPS) is 12.0. The second kappa shape index (κ2) is 11.6. The fourth-order valence-electron chi connectivity index (χ4n) is 3.27. The van der Waals surface area contributed by atoms with E-state index in [2.05, 4.69) is 55.5 Å².